The fraction of sp³-hybridized carbons (Fsp3) is 1.00. The van der Waals surface area contributed by atoms with Crippen molar-refractivity contribution in [2.45, 2.75) is 52.7 Å². The predicted molar refractivity (Wildman–Crippen MR) is 47.6 cm³/mol. The third-order valence-electron chi connectivity index (χ3n) is 2.57. The first-order valence-electron chi connectivity index (χ1n) is 4.76. The smallest absolute Gasteiger partial charge is 0.0602 e. The number of hydrogen-bond donors (Lipinski definition) is 0. The van der Waals surface area contributed by atoms with Gasteiger partial charge in [0.25, 0.3) is 0 Å². The zero-order valence-corrected chi connectivity index (χ0v) is 8.13. The van der Waals surface area contributed by atoms with Gasteiger partial charge in [0.2, 0.25) is 0 Å². The third kappa shape index (κ3) is 2.19. The fourth-order valence-electron chi connectivity index (χ4n) is 1.67. The molecule has 0 N–H and O–H groups in total. The zero-order chi connectivity index (χ0) is 8.43. The maximum atomic E-state index is 5.88. The van der Waals surface area contributed by atoms with Crippen LogP contribution in [0.4, 0.5) is 0 Å². The van der Waals surface area contributed by atoms with Crippen molar-refractivity contribution in [2.75, 3.05) is 0 Å². The minimum atomic E-state index is 0.530. The summed E-state index contributed by atoms with van der Waals surface area (Å²) < 4.78 is 5.88. The second kappa shape index (κ2) is 3.57. The van der Waals surface area contributed by atoms with E-state index in [0.29, 0.717) is 24.0 Å². The normalized spacial score (nSPS) is 32.2. The van der Waals surface area contributed by atoms with E-state index >= 15 is 0 Å². The van der Waals surface area contributed by atoms with Crippen molar-refractivity contribution >= 4 is 0 Å². The van der Waals surface area contributed by atoms with Crippen LogP contribution in [0.2, 0.25) is 0 Å². The Labute approximate surface area is 70.1 Å². The summed E-state index contributed by atoms with van der Waals surface area (Å²) in [5.74, 6) is 1.39. The number of ether oxygens (including phenoxy) is 1. The van der Waals surface area contributed by atoms with Gasteiger partial charge in [0, 0.05) is 0 Å². The zero-order valence-electron chi connectivity index (χ0n) is 8.13. The Morgan fingerprint density at radius 3 is 1.45 bits per heavy atom. The van der Waals surface area contributed by atoms with E-state index in [4.69, 9.17) is 4.74 Å². The molecule has 0 aliphatic carbocycles. The molecule has 0 spiro atoms. The van der Waals surface area contributed by atoms with Crippen LogP contribution in [0.1, 0.15) is 40.5 Å². The van der Waals surface area contributed by atoms with Crippen LogP contribution in [-0.2, 0) is 4.74 Å². The van der Waals surface area contributed by atoms with E-state index in [9.17, 15) is 0 Å². The van der Waals surface area contributed by atoms with Crippen LogP contribution >= 0.6 is 0 Å². The van der Waals surface area contributed by atoms with Gasteiger partial charge in [-0.05, 0) is 24.7 Å². The van der Waals surface area contributed by atoms with E-state index in [1.54, 1.807) is 0 Å². The van der Waals surface area contributed by atoms with Gasteiger partial charge in [-0.1, -0.05) is 27.7 Å². The van der Waals surface area contributed by atoms with Gasteiger partial charge in [-0.25, -0.2) is 0 Å². The molecule has 1 heteroatoms. The number of hydrogen-bond acceptors (Lipinski definition) is 1. The van der Waals surface area contributed by atoms with Gasteiger partial charge in [-0.3, -0.25) is 0 Å². The molecule has 1 rings (SSSR count). The molecule has 0 radical (unpaired) electrons. The van der Waals surface area contributed by atoms with Crippen molar-refractivity contribution < 1.29 is 4.74 Å². The number of rotatable bonds is 2. The van der Waals surface area contributed by atoms with Crippen molar-refractivity contribution in [3.63, 3.8) is 0 Å². The van der Waals surface area contributed by atoms with Crippen molar-refractivity contribution in [2.24, 2.45) is 11.8 Å². The van der Waals surface area contributed by atoms with E-state index in [-0.39, 0.29) is 0 Å². The summed E-state index contributed by atoms with van der Waals surface area (Å²) in [6.45, 7) is 8.97. The van der Waals surface area contributed by atoms with E-state index in [1.165, 1.54) is 12.8 Å². The molecule has 1 aliphatic rings. The van der Waals surface area contributed by atoms with E-state index in [0.717, 1.165) is 0 Å². The van der Waals surface area contributed by atoms with Gasteiger partial charge in [0.05, 0.1) is 12.2 Å². The summed E-state index contributed by atoms with van der Waals surface area (Å²) in [7, 11) is 0. The summed E-state index contributed by atoms with van der Waals surface area (Å²) in [4.78, 5) is 0. The molecule has 0 aromatic carbocycles. The summed E-state index contributed by atoms with van der Waals surface area (Å²) in [5.41, 5.74) is 0. The molecule has 0 bridgehead atoms. The third-order valence-corrected chi connectivity index (χ3v) is 2.57. The van der Waals surface area contributed by atoms with Gasteiger partial charge in [-0.15, -0.1) is 0 Å². The van der Waals surface area contributed by atoms with Crippen molar-refractivity contribution in [1.82, 2.24) is 0 Å². The van der Waals surface area contributed by atoms with Crippen molar-refractivity contribution in [1.29, 1.82) is 0 Å². The van der Waals surface area contributed by atoms with Gasteiger partial charge in [-0.2, -0.15) is 0 Å². The Morgan fingerprint density at radius 2 is 1.27 bits per heavy atom. The maximum Gasteiger partial charge on any atom is 0.0602 e. The van der Waals surface area contributed by atoms with Gasteiger partial charge >= 0.3 is 0 Å². The van der Waals surface area contributed by atoms with E-state index < -0.39 is 0 Å². The monoisotopic (exact) mass is 156 g/mol. The lowest BCUT2D eigenvalue weighted by Crippen LogP contribution is -2.19. The molecule has 66 valence electrons. The molecule has 1 saturated heterocycles. The minimum absolute atomic E-state index is 0.530. The SMILES string of the molecule is CC(C)C1CCC(C(C)C)O1. The summed E-state index contributed by atoms with van der Waals surface area (Å²) in [6, 6.07) is 0. The van der Waals surface area contributed by atoms with Gasteiger partial charge in [0.15, 0.2) is 0 Å². The molecule has 1 fully saturated rings. The first-order chi connectivity index (χ1) is 5.11. The fourth-order valence-corrected chi connectivity index (χ4v) is 1.67. The summed E-state index contributed by atoms with van der Waals surface area (Å²) in [5, 5.41) is 0. The molecule has 1 heterocycles. The second-order valence-electron chi connectivity index (χ2n) is 4.28. The molecule has 0 saturated carbocycles. The van der Waals surface area contributed by atoms with Crippen molar-refractivity contribution in [3.8, 4) is 0 Å². The lowest BCUT2D eigenvalue weighted by atomic mass is 10.0. The summed E-state index contributed by atoms with van der Waals surface area (Å²) >= 11 is 0. The first kappa shape index (κ1) is 9.05. The molecule has 0 aromatic rings. The molecule has 1 nitrogen and oxygen atoms in total. The van der Waals surface area contributed by atoms with Gasteiger partial charge in [0.1, 0.15) is 0 Å². The Balaban J connectivity index is 2.35. The standard InChI is InChI=1S/C10H20O/c1-7(2)9-5-6-10(11-9)8(3)4/h7-10H,5-6H2,1-4H3. The van der Waals surface area contributed by atoms with Crippen LogP contribution in [0.25, 0.3) is 0 Å². The topological polar surface area (TPSA) is 9.23 Å². The molecule has 11 heavy (non-hydrogen) atoms. The van der Waals surface area contributed by atoms with Crippen LogP contribution in [0.3, 0.4) is 0 Å². The predicted octanol–water partition coefficient (Wildman–Crippen LogP) is 2.85. The maximum absolute atomic E-state index is 5.88. The minimum Gasteiger partial charge on any atom is -0.374 e. The van der Waals surface area contributed by atoms with Crippen LogP contribution < -0.4 is 0 Å². The molecule has 2 unspecified atom stereocenters. The Kier molecular flexibility index (Phi) is 2.94. The Hall–Kier alpha value is -0.0400. The average molecular weight is 156 g/mol. The molecule has 0 amide bonds. The van der Waals surface area contributed by atoms with Crippen LogP contribution in [0, 0.1) is 11.8 Å². The quantitative estimate of drug-likeness (QED) is 0.597. The highest BCUT2D eigenvalue weighted by atomic mass is 16.5. The second-order valence-corrected chi connectivity index (χ2v) is 4.28. The Bertz CT molecular complexity index is 104. The van der Waals surface area contributed by atoms with E-state index in [2.05, 4.69) is 27.7 Å². The lowest BCUT2D eigenvalue weighted by Gasteiger charge is -2.18. The molecular formula is C10H20O. The average Bonchev–Trinajstić information content (AvgIpc) is 2.33. The highest BCUT2D eigenvalue weighted by Crippen LogP contribution is 2.28. The molecule has 0 aromatic heterocycles. The highest BCUT2D eigenvalue weighted by molar-refractivity contribution is 4.77. The van der Waals surface area contributed by atoms with Crippen LogP contribution in [0.15, 0.2) is 0 Å². The van der Waals surface area contributed by atoms with E-state index in [1.807, 2.05) is 0 Å². The van der Waals surface area contributed by atoms with Crippen LogP contribution in [-0.4, -0.2) is 12.2 Å². The molecule has 2 atom stereocenters. The highest BCUT2D eigenvalue weighted by Gasteiger charge is 2.28. The van der Waals surface area contributed by atoms with Gasteiger partial charge < -0.3 is 4.74 Å². The largest absolute Gasteiger partial charge is 0.374 e. The summed E-state index contributed by atoms with van der Waals surface area (Å²) in [6.07, 6.45) is 3.59. The first-order valence-corrected chi connectivity index (χ1v) is 4.76. The van der Waals surface area contributed by atoms with Crippen LogP contribution in [0.5, 0.6) is 0 Å². The van der Waals surface area contributed by atoms with Crippen molar-refractivity contribution in [3.05, 3.63) is 0 Å². The Morgan fingerprint density at radius 1 is 0.909 bits per heavy atom. The lowest BCUT2D eigenvalue weighted by molar-refractivity contribution is -0.00210. The molecular weight excluding hydrogens is 136 g/mol. The molecule has 1 aliphatic heterocycles.